The number of rotatable bonds is 11. The Labute approximate surface area is 366 Å². The van der Waals surface area contributed by atoms with E-state index in [0.717, 1.165) is 33.7 Å². The molecule has 0 fully saturated rings. The van der Waals surface area contributed by atoms with Crippen molar-refractivity contribution in [2.24, 2.45) is 16.1 Å². The first-order valence-electron chi connectivity index (χ1n) is 21.5. The van der Waals surface area contributed by atoms with Gasteiger partial charge in [0.25, 0.3) is 5.91 Å². The van der Waals surface area contributed by atoms with E-state index in [2.05, 4.69) is 0 Å². The molecule has 318 valence electrons. The van der Waals surface area contributed by atoms with Gasteiger partial charge in [0.2, 0.25) is 17.7 Å². The SMILES string of the molecule is C[C@@H](/C=C/CC(=O)N1Cc2ccccc2C[C@H]1CO)[C@]1(O)C(=O)N(Cc2cccc(N3N=C(c4ccccc4)CCC3=O)c2)c2ccc(N3N=C(c4ccccc4)CCC3=O)cc21. The summed E-state index contributed by atoms with van der Waals surface area (Å²) in [7, 11) is 0. The molecule has 0 aromatic heterocycles. The second kappa shape index (κ2) is 17.4. The van der Waals surface area contributed by atoms with Gasteiger partial charge in [-0.15, -0.1) is 0 Å². The van der Waals surface area contributed by atoms with Crippen LogP contribution in [0, 0.1) is 5.92 Å². The van der Waals surface area contributed by atoms with Gasteiger partial charge in [0.05, 0.1) is 47.7 Å². The topological polar surface area (TPSA) is 146 Å². The predicted molar refractivity (Wildman–Crippen MR) is 242 cm³/mol. The van der Waals surface area contributed by atoms with Crippen molar-refractivity contribution in [2.75, 3.05) is 21.5 Å². The molecule has 63 heavy (non-hydrogen) atoms. The lowest BCUT2D eigenvalue weighted by Crippen LogP contribution is -2.46. The van der Waals surface area contributed by atoms with Gasteiger partial charge in [0.1, 0.15) is 0 Å². The molecular weight excluding hydrogens is 793 g/mol. The van der Waals surface area contributed by atoms with Crippen molar-refractivity contribution in [1.29, 1.82) is 0 Å². The average molecular weight is 841 g/mol. The van der Waals surface area contributed by atoms with Gasteiger partial charge in [-0.3, -0.25) is 19.2 Å². The van der Waals surface area contributed by atoms with E-state index in [9.17, 15) is 29.4 Å². The maximum absolute atomic E-state index is 14.8. The molecule has 9 rings (SSSR count). The summed E-state index contributed by atoms with van der Waals surface area (Å²) in [4.78, 5) is 58.4. The van der Waals surface area contributed by atoms with Crippen LogP contribution in [0.4, 0.5) is 17.1 Å². The molecule has 0 unspecified atom stereocenters. The number of amides is 4. The number of aliphatic hydroxyl groups is 2. The molecule has 12 heteroatoms. The first kappa shape index (κ1) is 41.3. The van der Waals surface area contributed by atoms with E-state index in [-0.39, 0.29) is 49.8 Å². The Morgan fingerprint density at radius 1 is 0.746 bits per heavy atom. The molecule has 12 nitrogen and oxygen atoms in total. The Balaban J connectivity index is 1.03. The van der Waals surface area contributed by atoms with Crippen LogP contribution in [0.1, 0.15) is 72.4 Å². The number of fused-ring (bicyclic) bond motifs is 2. The zero-order chi connectivity index (χ0) is 43.7. The summed E-state index contributed by atoms with van der Waals surface area (Å²) in [6.07, 6.45) is 5.45. The third-order valence-electron chi connectivity index (χ3n) is 12.5. The molecule has 4 aliphatic rings. The molecule has 4 amide bonds. The fourth-order valence-electron chi connectivity index (χ4n) is 9.05. The molecule has 0 saturated heterocycles. The van der Waals surface area contributed by atoms with E-state index >= 15 is 0 Å². The highest BCUT2D eigenvalue weighted by Gasteiger charge is 2.53. The van der Waals surface area contributed by atoms with Crippen LogP contribution in [0.25, 0.3) is 0 Å². The van der Waals surface area contributed by atoms with Crippen LogP contribution < -0.4 is 14.9 Å². The molecule has 2 N–H and O–H groups in total. The van der Waals surface area contributed by atoms with Gasteiger partial charge in [-0.2, -0.15) is 10.2 Å². The van der Waals surface area contributed by atoms with E-state index in [1.165, 1.54) is 14.9 Å². The van der Waals surface area contributed by atoms with Crippen molar-refractivity contribution in [1.82, 2.24) is 4.90 Å². The highest BCUT2D eigenvalue weighted by molar-refractivity contribution is 6.11. The molecule has 0 aliphatic carbocycles. The lowest BCUT2D eigenvalue weighted by molar-refractivity contribution is -0.139. The van der Waals surface area contributed by atoms with E-state index < -0.39 is 17.4 Å². The summed E-state index contributed by atoms with van der Waals surface area (Å²) < 4.78 is 0. The number of hydrogen-bond donors (Lipinski definition) is 2. The molecule has 4 aliphatic heterocycles. The summed E-state index contributed by atoms with van der Waals surface area (Å²) in [5.74, 6) is -1.93. The molecule has 5 aromatic carbocycles. The monoisotopic (exact) mass is 840 g/mol. The molecule has 4 heterocycles. The zero-order valence-electron chi connectivity index (χ0n) is 35.0. The quantitative estimate of drug-likeness (QED) is 0.137. The number of nitrogens with zero attached hydrogens (tertiary/aromatic N) is 6. The molecule has 5 aromatic rings. The minimum atomic E-state index is -2.09. The second-order valence-electron chi connectivity index (χ2n) is 16.5. The summed E-state index contributed by atoms with van der Waals surface area (Å²) in [5.41, 5.74) is 5.87. The lowest BCUT2D eigenvalue weighted by atomic mass is 9.82. The van der Waals surface area contributed by atoms with Crippen molar-refractivity contribution in [2.45, 2.75) is 70.2 Å². The predicted octanol–water partition coefficient (Wildman–Crippen LogP) is 7.01. The van der Waals surface area contributed by atoms with Crippen LogP contribution in [0.3, 0.4) is 0 Å². The van der Waals surface area contributed by atoms with E-state index in [0.29, 0.717) is 60.4 Å². The zero-order valence-corrected chi connectivity index (χ0v) is 35.0. The lowest BCUT2D eigenvalue weighted by Gasteiger charge is -2.36. The van der Waals surface area contributed by atoms with Gasteiger partial charge in [-0.1, -0.05) is 116 Å². The summed E-state index contributed by atoms with van der Waals surface area (Å²) in [6.45, 7) is 2.01. The first-order chi connectivity index (χ1) is 30.6. The van der Waals surface area contributed by atoms with Crippen LogP contribution >= 0.6 is 0 Å². The Morgan fingerprint density at radius 2 is 1.35 bits per heavy atom. The van der Waals surface area contributed by atoms with E-state index in [1.807, 2.05) is 103 Å². The third kappa shape index (κ3) is 7.99. The Bertz CT molecular complexity index is 2680. The fraction of sp³-hybridized carbons (Fsp3) is 0.255. The average Bonchev–Trinajstić information content (AvgIpc) is 3.53. The van der Waals surface area contributed by atoms with Crippen molar-refractivity contribution < 1.29 is 29.4 Å². The molecule has 0 saturated carbocycles. The minimum Gasteiger partial charge on any atom is -0.394 e. The summed E-state index contributed by atoms with van der Waals surface area (Å²) in [6, 6.07) is 39.4. The van der Waals surface area contributed by atoms with E-state index in [4.69, 9.17) is 10.2 Å². The van der Waals surface area contributed by atoms with E-state index in [1.54, 1.807) is 48.2 Å². The first-order valence-corrected chi connectivity index (χ1v) is 21.5. The third-order valence-corrected chi connectivity index (χ3v) is 12.5. The highest BCUT2D eigenvalue weighted by Crippen LogP contribution is 2.48. The Kier molecular flexibility index (Phi) is 11.4. The number of carbonyl (C=O) groups excluding carboxylic acids is 4. The van der Waals surface area contributed by atoms with Crippen LogP contribution in [-0.2, 0) is 44.3 Å². The van der Waals surface area contributed by atoms with Gasteiger partial charge >= 0.3 is 0 Å². The van der Waals surface area contributed by atoms with Crippen LogP contribution in [0.2, 0.25) is 0 Å². The van der Waals surface area contributed by atoms with Crippen molar-refractivity contribution in [3.63, 3.8) is 0 Å². The van der Waals surface area contributed by atoms with Gasteiger partial charge in [0, 0.05) is 50.1 Å². The van der Waals surface area contributed by atoms with Crippen LogP contribution in [-0.4, -0.2) is 62.8 Å². The van der Waals surface area contributed by atoms with Crippen LogP contribution in [0.5, 0.6) is 0 Å². The number of aliphatic hydroxyl groups excluding tert-OH is 1. The normalized spacial score (nSPS) is 20.4. The van der Waals surface area contributed by atoms with Gasteiger partial charge in [-0.25, -0.2) is 10.0 Å². The smallest absolute Gasteiger partial charge is 0.264 e. The highest BCUT2D eigenvalue weighted by atomic mass is 16.3. The number of anilines is 3. The molecule has 3 atom stereocenters. The second-order valence-corrected chi connectivity index (χ2v) is 16.5. The summed E-state index contributed by atoms with van der Waals surface area (Å²) >= 11 is 0. The maximum atomic E-state index is 14.8. The van der Waals surface area contributed by atoms with Crippen molar-refractivity contribution in [3.05, 3.63) is 173 Å². The van der Waals surface area contributed by atoms with Crippen LogP contribution in [0.15, 0.2) is 150 Å². The number of hydrogen-bond acceptors (Lipinski definition) is 8. The fourth-order valence-corrected chi connectivity index (χ4v) is 9.05. The van der Waals surface area contributed by atoms with Crippen molar-refractivity contribution >= 4 is 52.1 Å². The summed E-state index contributed by atoms with van der Waals surface area (Å²) in [5, 5.41) is 35.2. The minimum absolute atomic E-state index is 0.000370. The van der Waals surface area contributed by atoms with Gasteiger partial charge in [0.15, 0.2) is 5.60 Å². The molecule has 0 bridgehead atoms. The largest absolute Gasteiger partial charge is 0.394 e. The maximum Gasteiger partial charge on any atom is 0.264 e. The Hall–Kier alpha value is -7.02. The van der Waals surface area contributed by atoms with Gasteiger partial charge in [-0.05, 0) is 64.6 Å². The number of hydrazone groups is 2. The van der Waals surface area contributed by atoms with Crippen molar-refractivity contribution in [3.8, 4) is 0 Å². The Morgan fingerprint density at radius 3 is 1.98 bits per heavy atom. The van der Waals surface area contributed by atoms with Gasteiger partial charge < -0.3 is 20.0 Å². The molecule has 0 radical (unpaired) electrons. The standard InChI is InChI=1S/C51H48N6O6/c1-34(12-10-21-47(59)54-32-39-19-9-8-18-38(39)29-42(54)33-58)51(63)43-30-41(57-49(61)27-24-45(53-57)37-16-6-3-7-17-37)22-25-46(43)55(50(51)62)31-35-13-11-20-40(28-35)56-48(60)26-23-44(52-56)36-14-4-2-5-15-36/h2-20,22,25,28,30,34,42,58,63H,21,23-24,26-27,29,31-33H2,1H3/b12-10+/t34-,42-,51+/m0/s1. The molecular formula is C51H48N6O6. The molecule has 0 spiro atoms. The number of carbonyl (C=O) groups is 4. The number of benzene rings is 5.